The number of aliphatic hydroxyl groups is 1. The standard InChI is InChI=1S/C38H60O7/c1-23(21-39)26-13-18-38(32(42)45-33(4,5)6)20-19-36(9)27(31(26)38)11-12-29-34(7)16-15-30(44-25(3)41)35(8,22-43-24(2)40)28(34)14-17-37(29,36)10/h26-31,39H,1,11-22H2,2-10H3/t26-,27+,28+,29+,30-,31+,34-,35-,36+,37+,38-/m0/s1. The molecule has 0 amide bonds. The zero-order chi connectivity index (χ0) is 33.4. The van der Waals surface area contributed by atoms with Crippen LogP contribution < -0.4 is 0 Å². The Morgan fingerprint density at radius 2 is 1.51 bits per heavy atom. The quantitative estimate of drug-likeness (QED) is 0.186. The molecule has 7 heteroatoms. The molecule has 5 saturated carbocycles. The molecule has 0 aromatic rings. The van der Waals surface area contributed by atoms with Crippen molar-refractivity contribution in [2.24, 2.45) is 56.7 Å². The average Bonchev–Trinajstić information content (AvgIpc) is 3.34. The van der Waals surface area contributed by atoms with E-state index in [2.05, 4.69) is 34.3 Å². The van der Waals surface area contributed by atoms with Crippen LogP contribution in [0.3, 0.4) is 0 Å². The van der Waals surface area contributed by atoms with Gasteiger partial charge in [-0.15, -0.1) is 0 Å². The highest BCUT2D eigenvalue weighted by Crippen LogP contribution is 2.77. The van der Waals surface area contributed by atoms with E-state index in [4.69, 9.17) is 14.2 Å². The molecule has 1 N–H and O–H groups in total. The monoisotopic (exact) mass is 628 g/mol. The first-order valence-electron chi connectivity index (χ1n) is 17.6. The number of esters is 3. The van der Waals surface area contributed by atoms with Gasteiger partial charge in [0, 0.05) is 19.3 Å². The van der Waals surface area contributed by atoms with Gasteiger partial charge in [0.15, 0.2) is 0 Å². The number of carbonyl (C=O) groups is 3. The van der Waals surface area contributed by atoms with Crippen LogP contribution in [-0.4, -0.2) is 47.9 Å². The lowest BCUT2D eigenvalue weighted by molar-refractivity contribution is -0.258. The van der Waals surface area contributed by atoms with Crippen molar-refractivity contribution in [3.63, 3.8) is 0 Å². The van der Waals surface area contributed by atoms with Crippen LogP contribution in [0.15, 0.2) is 12.2 Å². The van der Waals surface area contributed by atoms with Crippen LogP contribution in [0.4, 0.5) is 0 Å². The second kappa shape index (κ2) is 11.4. The van der Waals surface area contributed by atoms with E-state index >= 15 is 0 Å². The summed E-state index contributed by atoms with van der Waals surface area (Å²) in [4.78, 5) is 38.4. The molecule has 0 saturated heterocycles. The molecule has 45 heavy (non-hydrogen) atoms. The molecule has 0 unspecified atom stereocenters. The van der Waals surface area contributed by atoms with Gasteiger partial charge in [-0.3, -0.25) is 14.4 Å². The van der Waals surface area contributed by atoms with E-state index in [1.54, 1.807) is 0 Å². The Kier molecular flexibility index (Phi) is 8.70. The summed E-state index contributed by atoms with van der Waals surface area (Å²) in [6.07, 6.45) is 9.08. The van der Waals surface area contributed by atoms with Crippen LogP contribution in [0.5, 0.6) is 0 Å². The van der Waals surface area contributed by atoms with E-state index in [9.17, 15) is 19.5 Å². The number of rotatable bonds is 6. The van der Waals surface area contributed by atoms with Gasteiger partial charge in [0.25, 0.3) is 0 Å². The van der Waals surface area contributed by atoms with Crippen molar-refractivity contribution in [1.82, 2.24) is 0 Å². The summed E-state index contributed by atoms with van der Waals surface area (Å²) in [7, 11) is 0. The largest absolute Gasteiger partial charge is 0.465 e. The van der Waals surface area contributed by atoms with E-state index in [1.165, 1.54) is 13.8 Å². The van der Waals surface area contributed by atoms with Crippen LogP contribution in [0.2, 0.25) is 0 Å². The summed E-state index contributed by atoms with van der Waals surface area (Å²) < 4.78 is 17.8. The van der Waals surface area contributed by atoms with E-state index in [-0.39, 0.29) is 71.2 Å². The maximum Gasteiger partial charge on any atom is 0.312 e. The maximum atomic E-state index is 14.2. The highest BCUT2D eigenvalue weighted by molar-refractivity contribution is 5.79. The topological polar surface area (TPSA) is 99.1 Å². The normalized spacial score (nSPS) is 45.6. The van der Waals surface area contributed by atoms with E-state index < -0.39 is 16.4 Å². The second-order valence-corrected chi connectivity index (χ2v) is 17.7. The Bertz CT molecular complexity index is 1220. The molecule has 7 nitrogen and oxygen atoms in total. The fourth-order valence-corrected chi connectivity index (χ4v) is 12.5. The molecule has 5 aliphatic rings. The molecule has 0 bridgehead atoms. The minimum Gasteiger partial charge on any atom is -0.465 e. The van der Waals surface area contributed by atoms with Gasteiger partial charge in [0.2, 0.25) is 0 Å². The molecule has 5 fully saturated rings. The number of ether oxygens (including phenoxy) is 3. The zero-order valence-electron chi connectivity index (χ0n) is 29.6. The Balaban J connectivity index is 1.53. The first-order valence-corrected chi connectivity index (χ1v) is 17.6. The predicted octanol–water partition coefficient (Wildman–Crippen LogP) is 7.43. The summed E-state index contributed by atoms with van der Waals surface area (Å²) in [5.74, 6) is 0.633. The highest BCUT2D eigenvalue weighted by atomic mass is 16.6. The third kappa shape index (κ3) is 5.20. The molecule has 0 heterocycles. The van der Waals surface area contributed by atoms with Crippen molar-refractivity contribution in [3.05, 3.63) is 12.2 Å². The summed E-state index contributed by atoms with van der Waals surface area (Å²) in [6.45, 7) is 23.1. The Labute approximate surface area is 271 Å². The lowest BCUT2D eigenvalue weighted by Crippen LogP contribution is -2.68. The Morgan fingerprint density at radius 3 is 2.11 bits per heavy atom. The van der Waals surface area contributed by atoms with Gasteiger partial charge in [-0.25, -0.2) is 0 Å². The van der Waals surface area contributed by atoms with Crippen LogP contribution >= 0.6 is 0 Å². The number of aliphatic hydroxyl groups excluding tert-OH is 1. The minimum absolute atomic E-state index is 0.00397. The number of fused-ring (bicyclic) bond motifs is 7. The molecule has 0 aromatic heterocycles. The van der Waals surface area contributed by atoms with Crippen molar-refractivity contribution in [3.8, 4) is 0 Å². The molecule has 0 radical (unpaired) electrons. The van der Waals surface area contributed by atoms with Gasteiger partial charge >= 0.3 is 17.9 Å². The van der Waals surface area contributed by atoms with Crippen LogP contribution in [0.25, 0.3) is 0 Å². The first kappa shape index (κ1) is 34.4. The third-order valence-electron chi connectivity index (χ3n) is 14.6. The lowest BCUT2D eigenvalue weighted by Gasteiger charge is -2.72. The number of carbonyl (C=O) groups excluding carboxylic acids is 3. The predicted molar refractivity (Wildman–Crippen MR) is 173 cm³/mol. The van der Waals surface area contributed by atoms with Crippen LogP contribution in [-0.2, 0) is 28.6 Å². The Hall–Kier alpha value is -1.89. The van der Waals surface area contributed by atoms with Gasteiger partial charge in [-0.2, -0.15) is 0 Å². The number of hydrogen-bond donors (Lipinski definition) is 1. The molecule has 11 atom stereocenters. The first-order chi connectivity index (χ1) is 20.8. The molecule has 0 aromatic carbocycles. The van der Waals surface area contributed by atoms with E-state index in [0.29, 0.717) is 11.8 Å². The van der Waals surface area contributed by atoms with Crippen molar-refractivity contribution < 1.29 is 33.7 Å². The average molecular weight is 629 g/mol. The molecular formula is C38H60O7. The third-order valence-corrected chi connectivity index (χ3v) is 14.6. The summed E-state index contributed by atoms with van der Waals surface area (Å²) in [5.41, 5.74) is -0.627. The zero-order valence-corrected chi connectivity index (χ0v) is 29.6. The molecular weight excluding hydrogens is 568 g/mol. The summed E-state index contributed by atoms with van der Waals surface area (Å²) in [6, 6.07) is 0. The highest BCUT2D eigenvalue weighted by Gasteiger charge is 2.73. The second-order valence-electron chi connectivity index (χ2n) is 17.7. The lowest BCUT2D eigenvalue weighted by atomic mass is 9.32. The molecule has 5 rings (SSSR count). The van der Waals surface area contributed by atoms with Gasteiger partial charge in [0.05, 0.1) is 12.0 Å². The van der Waals surface area contributed by atoms with E-state index in [1.807, 2.05) is 20.8 Å². The van der Waals surface area contributed by atoms with Crippen molar-refractivity contribution in [2.75, 3.05) is 13.2 Å². The fraction of sp³-hybridized carbons (Fsp3) is 0.868. The van der Waals surface area contributed by atoms with Crippen molar-refractivity contribution in [2.45, 2.75) is 138 Å². The fourth-order valence-electron chi connectivity index (χ4n) is 12.5. The SMILES string of the molecule is C=C(CO)[C@@H]1CC[C@]2(C(=O)OC(C)(C)C)CC[C@]3(C)[C@H](CC[C@@H]4[C@@]5(C)CC[C@H](OC(C)=O)[C@@](C)(COC(C)=O)[C@@H]5CC[C@]43C)[C@@H]12. The van der Waals surface area contributed by atoms with Gasteiger partial charge in [-0.05, 0) is 136 Å². The summed E-state index contributed by atoms with van der Waals surface area (Å²) in [5, 5.41) is 10.3. The van der Waals surface area contributed by atoms with Crippen LogP contribution in [0, 0.1) is 56.7 Å². The van der Waals surface area contributed by atoms with Crippen molar-refractivity contribution >= 4 is 17.9 Å². The number of hydrogen-bond acceptors (Lipinski definition) is 7. The summed E-state index contributed by atoms with van der Waals surface area (Å²) >= 11 is 0. The van der Waals surface area contributed by atoms with E-state index in [0.717, 1.165) is 69.8 Å². The van der Waals surface area contributed by atoms with Crippen LogP contribution in [0.1, 0.15) is 127 Å². The van der Waals surface area contributed by atoms with Gasteiger partial charge < -0.3 is 19.3 Å². The molecule has 5 aliphatic carbocycles. The van der Waals surface area contributed by atoms with Gasteiger partial charge in [0.1, 0.15) is 18.3 Å². The molecule has 254 valence electrons. The Morgan fingerprint density at radius 1 is 0.822 bits per heavy atom. The van der Waals surface area contributed by atoms with Gasteiger partial charge in [-0.1, -0.05) is 34.3 Å². The molecule has 0 aliphatic heterocycles. The minimum atomic E-state index is -0.552. The maximum absolute atomic E-state index is 14.2. The molecule has 0 spiro atoms. The smallest absolute Gasteiger partial charge is 0.312 e. The van der Waals surface area contributed by atoms with Crippen molar-refractivity contribution in [1.29, 1.82) is 0 Å².